The van der Waals surface area contributed by atoms with Crippen LogP contribution in [0.25, 0.3) is 0 Å². The van der Waals surface area contributed by atoms with E-state index in [-0.39, 0.29) is 19.6 Å². The van der Waals surface area contributed by atoms with E-state index in [9.17, 15) is 22.4 Å². The van der Waals surface area contributed by atoms with Crippen LogP contribution >= 0.6 is 0 Å². The van der Waals surface area contributed by atoms with Gasteiger partial charge >= 0.3 is 5.97 Å². The van der Waals surface area contributed by atoms with Crippen molar-refractivity contribution in [3.63, 3.8) is 0 Å². The van der Waals surface area contributed by atoms with Crippen molar-refractivity contribution in [3.8, 4) is 11.5 Å². The predicted octanol–water partition coefficient (Wildman–Crippen LogP) is 4.91. The SMILES string of the molecule is CCCOCCOc1cccc(CCOCCC(=O)Oc2c(F)c(C)c(F)c(F)c2F)c1. The van der Waals surface area contributed by atoms with Gasteiger partial charge in [0.05, 0.1) is 26.2 Å². The van der Waals surface area contributed by atoms with Crippen molar-refractivity contribution in [2.45, 2.75) is 33.1 Å². The average Bonchev–Trinajstić information content (AvgIpc) is 2.79. The van der Waals surface area contributed by atoms with E-state index in [2.05, 4.69) is 4.74 Å². The van der Waals surface area contributed by atoms with Gasteiger partial charge in [0.25, 0.3) is 0 Å². The number of esters is 1. The summed E-state index contributed by atoms with van der Waals surface area (Å²) in [4.78, 5) is 11.8. The fourth-order valence-electron chi connectivity index (χ4n) is 2.68. The standard InChI is InChI=1S/C23H26F4O5/c1-3-9-29-12-13-31-17-6-4-5-16(14-17)7-10-30-11-8-18(28)32-23-20(25)15(2)19(24)21(26)22(23)27/h4-6,14H,3,7-13H2,1-2H3. The van der Waals surface area contributed by atoms with E-state index >= 15 is 0 Å². The van der Waals surface area contributed by atoms with Gasteiger partial charge < -0.3 is 18.9 Å². The number of rotatable bonds is 13. The van der Waals surface area contributed by atoms with Gasteiger partial charge in [0, 0.05) is 12.2 Å². The lowest BCUT2D eigenvalue weighted by Crippen LogP contribution is -2.15. The molecule has 2 aromatic carbocycles. The Morgan fingerprint density at radius 2 is 1.62 bits per heavy atom. The number of hydrogen-bond donors (Lipinski definition) is 0. The van der Waals surface area contributed by atoms with Crippen molar-refractivity contribution in [2.75, 3.05) is 33.0 Å². The number of ether oxygens (including phenoxy) is 4. The van der Waals surface area contributed by atoms with Gasteiger partial charge in [-0.3, -0.25) is 4.79 Å². The van der Waals surface area contributed by atoms with Gasteiger partial charge in [-0.1, -0.05) is 19.1 Å². The predicted molar refractivity (Wildman–Crippen MR) is 109 cm³/mol. The Bertz CT molecular complexity index is 875. The largest absolute Gasteiger partial charge is 0.491 e. The van der Waals surface area contributed by atoms with Crippen molar-refractivity contribution < 1.29 is 41.3 Å². The molecule has 176 valence electrons. The number of carbonyl (C=O) groups is 1. The second-order valence-electron chi connectivity index (χ2n) is 6.90. The summed E-state index contributed by atoms with van der Waals surface area (Å²) in [6, 6.07) is 7.45. The third-order valence-electron chi connectivity index (χ3n) is 4.39. The van der Waals surface area contributed by atoms with E-state index < -0.39 is 40.6 Å². The molecule has 0 heterocycles. The lowest BCUT2D eigenvalue weighted by atomic mass is 10.1. The van der Waals surface area contributed by atoms with Crippen LogP contribution in [-0.4, -0.2) is 39.0 Å². The molecule has 2 aromatic rings. The van der Waals surface area contributed by atoms with Crippen LogP contribution in [0.5, 0.6) is 11.5 Å². The summed E-state index contributed by atoms with van der Waals surface area (Å²) in [6.07, 6.45) is 1.17. The number of hydrogen-bond acceptors (Lipinski definition) is 5. The third kappa shape index (κ3) is 7.49. The minimum absolute atomic E-state index is 0.0737. The van der Waals surface area contributed by atoms with Crippen molar-refractivity contribution in [3.05, 3.63) is 58.7 Å². The summed E-state index contributed by atoms with van der Waals surface area (Å²) < 4.78 is 75.1. The van der Waals surface area contributed by atoms with Gasteiger partial charge in [0.2, 0.25) is 11.6 Å². The van der Waals surface area contributed by atoms with Crippen LogP contribution < -0.4 is 9.47 Å². The molecule has 2 rings (SSSR count). The van der Waals surface area contributed by atoms with Crippen LogP contribution in [0.2, 0.25) is 0 Å². The summed E-state index contributed by atoms with van der Waals surface area (Å²) in [7, 11) is 0. The quantitative estimate of drug-likeness (QED) is 0.107. The number of carbonyl (C=O) groups excluding carboxylic acids is 1. The molecule has 0 fully saturated rings. The Kier molecular flexibility index (Phi) is 10.4. The van der Waals surface area contributed by atoms with Crippen molar-refractivity contribution in [2.24, 2.45) is 0 Å². The Morgan fingerprint density at radius 3 is 2.38 bits per heavy atom. The molecule has 0 bridgehead atoms. The number of benzene rings is 2. The van der Waals surface area contributed by atoms with Crippen LogP contribution in [-0.2, 0) is 20.7 Å². The topological polar surface area (TPSA) is 54.0 Å². The Morgan fingerprint density at radius 1 is 0.875 bits per heavy atom. The maximum absolute atomic E-state index is 13.9. The molecule has 0 aromatic heterocycles. The van der Waals surface area contributed by atoms with Gasteiger partial charge in [0.15, 0.2) is 17.5 Å². The van der Waals surface area contributed by atoms with Crippen molar-refractivity contribution in [1.82, 2.24) is 0 Å². The zero-order valence-electron chi connectivity index (χ0n) is 18.0. The smallest absolute Gasteiger partial charge is 0.313 e. The summed E-state index contributed by atoms with van der Waals surface area (Å²) in [5.41, 5.74) is 0.184. The summed E-state index contributed by atoms with van der Waals surface area (Å²) in [5.74, 6) is -8.51. The van der Waals surface area contributed by atoms with E-state index in [4.69, 9.17) is 14.2 Å². The van der Waals surface area contributed by atoms with Crippen LogP contribution in [0, 0.1) is 30.2 Å². The first-order valence-electron chi connectivity index (χ1n) is 10.3. The van der Waals surface area contributed by atoms with Crippen LogP contribution in [0.15, 0.2) is 24.3 Å². The van der Waals surface area contributed by atoms with E-state index in [1.54, 1.807) is 0 Å². The zero-order valence-corrected chi connectivity index (χ0v) is 18.0. The highest BCUT2D eigenvalue weighted by molar-refractivity contribution is 5.72. The molecule has 0 saturated heterocycles. The maximum atomic E-state index is 13.9. The molecule has 9 heteroatoms. The Labute approximate surface area is 184 Å². The average molecular weight is 458 g/mol. The van der Waals surface area contributed by atoms with E-state index in [0.29, 0.717) is 32.0 Å². The fraction of sp³-hybridized carbons (Fsp3) is 0.435. The molecular formula is C23H26F4O5. The molecular weight excluding hydrogens is 432 g/mol. The van der Waals surface area contributed by atoms with Crippen molar-refractivity contribution >= 4 is 5.97 Å². The highest BCUT2D eigenvalue weighted by Gasteiger charge is 2.26. The summed E-state index contributed by atoms with van der Waals surface area (Å²) >= 11 is 0. The molecule has 0 aliphatic heterocycles. The highest BCUT2D eigenvalue weighted by atomic mass is 19.2. The Hall–Kier alpha value is -2.65. The lowest BCUT2D eigenvalue weighted by Gasteiger charge is -2.10. The third-order valence-corrected chi connectivity index (χ3v) is 4.39. The molecule has 0 amide bonds. The summed E-state index contributed by atoms with van der Waals surface area (Å²) in [5, 5.41) is 0. The van der Waals surface area contributed by atoms with Crippen LogP contribution in [0.1, 0.15) is 30.9 Å². The fourth-order valence-corrected chi connectivity index (χ4v) is 2.68. The maximum Gasteiger partial charge on any atom is 0.313 e. The molecule has 32 heavy (non-hydrogen) atoms. The molecule has 0 aliphatic rings. The van der Waals surface area contributed by atoms with Crippen LogP contribution in [0.4, 0.5) is 17.6 Å². The normalized spacial score (nSPS) is 10.9. The second kappa shape index (κ2) is 13.0. The van der Waals surface area contributed by atoms with E-state index in [1.807, 2.05) is 31.2 Å². The monoisotopic (exact) mass is 458 g/mol. The van der Waals surface area contributed by atoms with Gasteiger partial charge in [-0.2, -0.15) is 4.39 Å². The summed E-state index contributed by atoms with van der Waals surface area (Å²) in [6.45, 7) is 4.80. The molecule has 0 atom stereocenters. The van der Waals surface area contributed by atoms with Gasteiger partial charge in [-0.05, 0) is 37.5 Å². The van der Waals surface area contributed by atoms with Crippen LogP contribution in [0.3, 0.4) is 0 Å². The van der Waals surface area contributed by atoms with E-state index in [0.717, 1.165) is 18.9 Å². The Balaban J connectivity index is 1.72. The minimum Gasteiger partial charge on any atom is -0.491 e. The molecule has 5 nitrogen and oxygen atoms in total. The zero-order chi connectivity index (χ0) is 23.5. The molecule has 0 saturated carbocycles. The van der Waals surface area contributed by atoms with Gasteiger partial charge in [0.1, 0.15) is 12.4 Å². The van der Waals surface area contributed by atoms with Crippen molar-refractivity contribution in [1.29, 1.82) is 0 Å². The first-order chi connectivity index (χ1) is 15.3. The highest BCUT2D eigenvalue weighted by Crippen LogP contribution is 2.29. The van der Waals surface area contributed by atoms with Gasteiger partial charge in [-0.25, -0.2) is 13.2 Å². The molecule has 0 radical (unpaired) electrons. The minimum atomic E-state index is -1.90. The van der Waals surface area contributed by atoms with Gasteiger partial charge in [-0.15, -0.1) is 0 Å². The second-order valence-corrected chi connectivity index (χ2v) is 6.90. The molecule has 0 spiro atoms. The first-order valence-corrected chi connectivity index (χ1v) is 10.3. The number of halogens is 4. The molecule has 0 unspecified atom stereocenters. The first kappa shape index (κ1) is 25.6. The van der Waals surface area contributed by atoms with E-state index in [1.165, 1.54) is 0 Å². The lowest BCUT2D eigenvalue weighted by molar-refractivity contribution is -0.136. The molecule has 0 N–H and O–H groups in total. The molecule has 0 aliphatic carbocycles.